The minimum atomic E-state index is -0.211. The fraction of sp³-hybridized carbons (Fsp3) is 0.400. The summed E-state index contributed by atoms with van der Waals surface area (Å²) in [7, 11) is 1.58. The Balaban J connectivity index is 2.22. The van der Waals surface area contributed by atoms with Gasteiger partial charge in [0.15, 0.2) is 0 Å². The monoisotopic (exact) mass is 270 g/mol. The summed E-state index contributed by atoms with van der Waals surface area (Å²) < 4.78 is 6.20. The number of ether oxygens (including phenoxy) is 1. The van der Waals surface area contributed by atoms with Crippen LogP contribution in [-0.2, 0) is 0 Å². The molecule has 1 aliphatic carbocycles. The van der Waals surface area contributed by atoms with Gasteiger partial charge in [0.1, 0.15) is 16.0 Å². The topological polar surface area (TPSA) is 51.2 Å². The van der Waals surface area contributed by atoms with Crippen molar-refractivity contribution in [1.82, 2.24) is 10.3 Å². The number of rotatable bonds is 3. The zero-order chi connectivity index (χ0) is 10.8. The van der Waals surface area contributed by atoms with Crippen molar-refractivity contribution in [3.63, 3.8) is 0 Å². The lowest BCUT2D eigenvalue weighted by molar-refractivity contribution is 0.0957. The Morgan fingerprint density at radius 1 is 1.60 bits per heavy atom. The molecule has 1 fully saturated rings. The summed E-state index contributed by atoms with van der Waals surface area (Å²) in [6, 6.07) is 3.42. The van der Waals surface area contributed by atoms with Crippen LogP contribution >= 0.6 is 15.9 Å². The molecule has 5 heteroatoms. The number of nitrogens with one attached hydrogen (secondary N) is 1. The molecule has 1 amide bonds. The molecule has 4 nitrogen and oxygen atoms in total. The van der Waals surface area contributed by atoms with Gasteiger partial charge in [-0.3, -0.25) is 4.79 Å². The summed E-state index contributed by atoms with van der Waals surface area (Å²) in [6.45, 7) is 0. The van der Waals surface area contributed by atoms with Crippen LogP contribution in [0.15, 0.2) is 16.7 Å². The van der Waals surface area contributed by atoms with Crippen LogP contribution in [0.4, 0.5) is 0 Å². The zero-order valence-electron chi connectivity index (χ0n) is 8.29. The molecule has 2 rings (SSSR count). The molecule has 0 bridgehead atoms. The minimum absolute atomic E-state index is 0.211. The van der Waals surface area contributed by atoms with Gasteiger partial charge >= 0.3 is 0 Å². The Morgan fingerprint density at radius 3 is 2.93 bits per heavy atom. The lowest BCUT2D eigenvalue weighted by atomic mass is 10.3. The van der Waals surface area contributed by atoms with E-state index in [1.807, 2.05) is 0 Å². The molecule has 1 aromatic rings. The van der Waals surface area contributed by atoms with E-state index in [1.54, 1.807) is 19.2 Å². The maximum atomic E-state index is 11.4. The molecule has 15 heavy (non-hydrogen) atoms. The molecule has 1 heterocycles. The van der Waals surface area contributed by atoms with E-state index >= 15 is 0 Å². The van der Waals surface area contributed by atoms with Gasteiger partial charge in [-0.25, -0.2) is 4.98 Å². The summed E-state index contributed by atoms with van der Waals surface area (Å²) in [5.74, 6) is 0.481. The summed E-state index contributed by atoms with van der Waals surface area (Å²) >= 11 is 3.25. The first kappa shape index (κ1) is 10.4. The molecule has 80 valence electrons. The van der Waals surface area contributed by atoms with Crippen molar-refractivity contribution in [3.05, 3.63) is 22.4 Å². The van der Waals surface area contributed by atoms with Crippen LogP contribution in [0.5, 0.6) is 5.75 Å². The smallest absolute Gasteiger partial charge is 0.269 e. The van der Waals surface area contributed by atoms with Crippen LogP contribution in [0.1, 0.15) is 23.3 Å². The van der Waals surface area contributed by atoms with E-state index < -0.39 is 0 Å². The summed E-state index contributed by atoms with van der Waals surface area (Å²) in [4.78, 5) is 15.4. The molecule has 1 aromatic heterocycles. The number of hydrogen-bond donors (Lipinski definition) is 1. The highest BCUT2D eigenvalue weighted by Crippen LogP contribution is 2.28. The SMILES string of the molecule is CNC(=O)c1cc(OC2CC2)cc(Br)n1. The standard InChI is InChI=1S/C10H11BrN2O2/c1-12-10(14)8-4-7(5-9(11)13-8)15-6-2-3-6/h4-6H,2-3H2,1H3,(H,12,14). The molecule has 1 saturated carbocycles. The Hall–Kier alpha value is -1.10. The Labute approximate surface area is 96.2 Å². The maximum Gasteiger partial charge on any atom is 0.269 e. The lowest BCUT2D eigenvalue weighted by Crippen LogP contribution is -2.19. The highest BCUT2D eigenvalue weighted by molar-refractivity contribution is 9.10. The number of carbonyl (C=O) groups excluding carboxylic acids is 1. The number of aromatic nitrogens is 1. The molecule has 0 unspecified atom stereocenters. The second-order valence-corrected chi connectivity index (χ2v) is 4.22. The predicted octanol–water partition coefficient (Wildman–Crippen LogP) is 1.74. The molecule has 0 atom stereocenters. The third-order valence-corrected chi connectivity index (χ3v) is 2.46. The van der Waals surface area contributed by atoms with Gasteiger partial charge in [0.05, 0.1) is 6.10 Å². The van der Waals surface area contributed by atoms with Crippen LogP contribution < -0.4 is 10.1 Å². The normalized spacial score (nSPS) is 14.8. The van der Waals surface area contributed by atoms with Gasteiger partial charge in [-0.15, -0.1) is 0 Å². The van der Waals surface area contributed by atoms with Crippen LogP contribution in [0.2, 0.25) is 0 Å². The summed E-state index contributed by atoms with van der Waals surface area (Å²) in [6.07, 6.45) is 2.50. The zero-order valence-corrected chi connectivity index (χ0v) is 9.87. The molecular formula is C10H11BrN2O2. The second kappa shape index (κ2) is 4.18. The van der Waals surface area contributed by atoms with E-state index in [1.165, 1.54) is 0 Å². The van der Waals surface area contributed by atoms with E-state index in [-0.39, 0.29) is 5.91 Å². The highest BCUT2D eigenvalue weighted by Gasteiger charge is 2.24. The number of amides is 1. The average Bonchev–Trinajstić information content (AvgIpc) is 2.99. The first-order valence-corrected chi connectivity index (χ1v) is 5.54. The molecule has 0 aliphatic heterocycles. The van der Waals surface area contributed by atoms with E-state index in [0.29, 0.717) is 22.2 Å². The van der Waals surface area contributed by atoms with Crippen molar-refractivity contribution in [3.8, 4) is 5.75 Å². The Bertz CT molecular complexity index is 391. The number of nitrogens with zero attached hydrogens (tertiary/aromatic N) is 1. The fourth-order valence-corrected chi connectivity index (χ4v) is 1.58. The predicted molar refractivity (Wildman–Crippen MR) is 59.0 cm³/mol. The summed E-state index contributed by atoms with van der Waals surface area (Å²) in [5, 5.41) is 2.53. The molecule has 0 radical (unpaired) electrons. The summed E-state index contributed by atoms with van der Waals surface area (Å²) in [5.41, 5.74) is 0.363. The van der Waals surface area contributed by atoms with Crippen LogP contribution in [-0.4, -0.2) is 24.0 Å². The molecule has 1 N–H and O–H groups in total. The highest BCUT2D eigenvalue weighted by atomic mass is 79.9. The first-order valence-electron chi connectivity index (χ1n) is 4.75. The quantitative estimate of drug-likeness (QED) is 0.852. The molecule has 0 spiro atoms. The van der Waals surface area contributed by atoms with Crippen molar-refractivity contribution in [1.29, 1.82) is 0 Å². The second-order valence-electron chi connectivity index (χ2n) is 3.41. The van der Waals surface area contributed by atoms with E-state index in [4.69, 9.17) is 4.74 Å². The van der Waals surface area contributed by atoms with Crippen LogP contribution in [0.25, 0.3) is 0 Å². The number of halogens is 1. The Morgan fingerprint density at radius 2 is 2.33 bits per heavy atom. The number of hydrogen-bond acceptors (Lipinski definition) is 3. The van der Waals surface area contributed by atoms with E-state index in [0.717, 1.165) is 12.8 Å². The maximum absolute atomic E-state index is 11.4. The van der Waals surface area contributed by atoms with Gasteiger partial charge in [0.25, 0.3) is 5.91 Å². The average molecular weight is 271 g/mol. The van der Waals surface area contributed by atoms with Crippen LogP contribution in [0.3, 0.4) is 0 Å². The van der Waals surface area contributed by atoms with Gasteiger partial charge < -0.3 is 10.1 Å². The third kappa shape index (κ3) is 2.68. The molecule has 1 aliphatic rings. The fourth-order valence-electron chi connectivity index (χ4n) is 1.16. The van der Waals surface area contributed by atoms with E-state index in [9.17, 15) is 4.79 Å². The largest absolute Gasteiger partial charge is 0.490 e. The van der Waals surface area contributed by atoms with Gasteiger partial charge in [0, 0.05) is 19.2 Å². The van der Waals surface area contributed by atoms with Crippen molar-refractivity contribution in [2.24, 2.45) is 0 Å². The lowest BCUT2D eigenvalue weighted by Gasteiger charge is -2.06. The van der Waals surface area contributed by atoms with Crippen LogP contribution in [0, 0.1) is 0 Å². The van der Waals surface area contributed by atoms with Gasteiger partial charge in [-0.1, -0.05) is 0 Å². The van der Waals surface area contributed by atoms with Crippen molar-refractivity contribution >= 4 is 21.8 Å². The minimum Gasteiger partial charge on any atom is -0.490 e. The van der Waals surface area contributed by atoms with Gasteiger partial charge in [-0.05, 0) is 28.8 Å². The Kier molecular flexibility index (Phi) is 2.90. The van der Waals surface area contributed by atoms with E-state index in [2.05, 4.69) is 26.2 Å². The van der Waals surface area contributed by atoms with Gasteiger partial charge in [0.2, 0.25) is 0 Å². The molecule has 0 saturated heterocycles. The number of pyridine rings is 1. The molecule has 0 aromatic carbocycles. The first-order chi connectivity index (χ1) is 7.19. The van der Waals surface area contributed by atoms with Gasteiger partial charge in [-0.2, -0.15) is 0 Å². The van der Waals surface area contributed by atoms with Crippen molar-refractivity contribution < 1.29 is 9.53 Å². The third-order valence-electron chi connectivity index (χ3n) is 2.05. The van der Waals surface area contributed by atoms with Crippen molar-refractivity contribution in [2.75, 3.05) is 7.05 Å². The molecular weight excluding hydrogens is 260 g/mol. The van der Waals surface area contributed by atoms with Crippen molar-refractivity contribution in [2.45, 2.75) is 18.9 Å². The number of carbonyl (C=O) groups is 1.